The molecule has 0 aromatic carbocycles. The number of cyclic esters (lactones) is 1. The molecule has 14 heavy (non-hydrogen) atoms. The van der Waals surface area contributed by atoms with Gasteiger partial charge in [0.05, 0.1) is 25.2 Å². The fourth-order valence-corrected chi connectivity index (χ4v) is 2.75. The highest BCUT2D eigenvalue weighted by atomic mass is 16.5. The van der Waals surface area contributed by atoms with Crippen LogP contribution in [0.3, 0.4) is 0 Å². The Labute approximate surface area is 82.9 Å². The Hall–Kier alpha value is -0.610. The van der Waals surface area contributed by atoms with Crippen molar-refractivity contribution >= 4 is 5.97 Å². The van der Waals surface area contributed by atoms with Crippen LogP contribution in [0.4, 0.5) is 0 Å². The number of esters is 1. The monoisotopic (exact) mass is 200 g/mol. The Morgan fingerprint density at radius 3 is 2.86 bits per heavy atom. The Kier molecular flexibility index (Phi) is 2.49. The average molecular weight is 200 g/mol. The molecule has 0 aromatic rings. The van der Waals surface area contributed by atoms with Crippen molar-refractivity contribution < 1.29 is 19.7 Å². The summed E-state index contributed by atoms with van der Waals surface area (Å²) >= 11 is 0. The number of aliphatic hydroxyl groups excluding tert-OH is 2. The van der Waals surface area contributed by atoms with Crippen LogP contribution in [0.2, 0.25) is 0 Å². The van der Waals surface area contributed by atoms with Crippen LogP contribution in [0.25, 0.3) is 0 Å². The summed E-state index contributed by atoms with van der Waals surface area (Å²) in [6, 6.07) is 0. The molecule has 0 amide bonds. The van der Waals surface area contributed by atoms with Gasteiger partial charge in [0, 0.05) is 5.92 Å². The lowest BCUT2D eigenvalue weighted by Crippen LogP contribution is -2.40. The van der Waals surface area contributed by atoms with E-state index in [1.54, 1.807) is 0 Å². The van der Waals surface area contributed by atoms with E-state index in [-0.39, 0.29) is 36.4 Å². The lowest BCUT2D eigenvalue weighted by atomic mass is 9.80. The summed E-state index contributed by atoms with van der Waals surface area (Å²) in [5.41, 5.74) is 0. The van der Waals surface area contributed by atoms with Crippen molar-refractivity contribution in [2.24, 2.45) is 23.7 Å². The number of fused-ring (bicyclic) bond motifs is 1. The first-order valence-electron chi connectivity index (χ1n) is 5.10. The molecular weight excluding hydrogens is 184 g/mol. The van der Waals surface area contributed by atoms with Gasteiger partial charge in [0.1, 0.15) is 0 Å². The van der Waals surface area contributed by atoms with Crippen LogP contribution < -0.4 is 0 Å². The summed E-state index contributed by atoms with van der Waals surface area (Å²) in [5, 5.41) is 18.8. The van der Waals surface area contributed by atoms with Gasteiger partial charge in [-0.25, -0.2) is 0 Å². The van der Waals surface area contributed by atoms with Gasteiger partial charge in [0.2, 0.25) is 0 Å². The zero-order valence-electron chi connectivity index (χ0n) is 8.22. The molecule has 5 atom stereocenters. The number of hydrogen-bond acceptors (Lipinski definition) is 4. The van der Waals surface area contributed by atoms with Gasteiger partial charge in [0.25, 0.3) is 0 Å². The molecule has 2 aliphatic rings. The lowest BCUT2D eigenvalue weighted by Gasteiger charge is -2.32. The van der Waals surface area contributed by atoms with Crippen molar-refractivity contribution in [3.8, 4) is 0 Å². The van der Waals surface area contributed by atoms with Crippen LogP contribution in [0, 0.1) is 23.7 Å². The van der Waals surface area contributed by atoms with Crippen LogP contribution in [0.1, 0.15) is 13.3 Å². The van der Waals surface area contributed by atoms with Gasteiger partial charge in [-0.3, -0.25) is 4.79 Å². The molecule has 1 saturated heterocycles. The fraction of sp³-hybridized carbons (Fsp3) is 0.900. The Morgan fingerprint density at radius 1 is 1.50 bits per heavy atom. The number of aliphatic hydroxyl groups is 2. The smallest absolute Gasteiger partial charge is 0.311 e. The van der Waals surface area contributed by atoms with Crippen LogP contribution in [0.5, 0.6) is 0 Å². The summed E-state index contributed by atoms with van der Waals surface area (Å²) in [6.45, 7) is 2.21. The predicted molar refractivity (Wildman–Crippen MR) is 48.3 cm³/mol. The second kappa shape index (κ2) is 3.51. The SMILES string of the molecule is C[C@@H]1[C@H]2COC(=O)[C@H](CO)[C@H]2C[C@@H]1O. The second-order valence-corrected chi connectivity index (χ2v) is 4.41. The van der Waals surface area contributed by atoms with E-state index in [9.17, 15) is 9.90 Å². The van der Waals surface area contributed by atoms with E-state index >= 15 is 0 Å². The maximum Gasteiger partial charge on any atom is 0.311 e. The Morgan fingerprint density at radius 2 is 2.21 bits per heavy atom. The van der Waals surface area contributed by atoms with Gasteiger partial charge in [-0.15, -0.1) is 0 Å². The van der Waals surface area contributed by atoms with Crippen molar-refractivity contribution in [3.63, 3.8) is 0 Å². The molecular formula is C10H16O4. The first kappa shape index (κ1) is 9.93. The Bertz CT molecular complexity index is 240. The Balaban J connectivity index is 2.17. The molecule has 2 fully saturated rings. The minimum absolute atomic E-state index is 0.103. The first-order valence-corrected chi connectivity index (χ1v) is 5.10. The minimum Gasteiger partial charge on any atom is -0.465 e. The zero-order chi connectivity index (χ0) is 10.3. The summed E-state index contributed by atoms with van der Waals surface area (Å²) in [6.07, 6.45) is 0.264. The molecule has 2 N–H and O–H groups in total. The van der Waals surface area contributed by atoms with Gasteiger partial charge in [0.15, 0.2) is 0 Å². The van der Waals surface area contributed by atoms with Gasteiger partial charge in [-0.05, 0) is 18.3 Å². The maximum atomic E-state index is 11.3. The van der Waals surface area contributed by atoms with Crippen LogP contribution >= 0.6 is 0 Å². The molecule has 1 aliphatic carbocycles. The third-order valence-electron chi connectivity index (χ3n) is 3.78. The van der Waals surface area contributed by atoms with Crippen LogP contribution in [0.15, 0.2) is 0 Å². The molecule has 0 unspecified atom stereocenters. The molecule has 4 heteroatoms. The van der Waals surface area contributed by atoms with E-state index in [1.807, 2.05) is 6.92 Å². The highest BCUT2D eigenvalue weighted by Crippen LogP contribution is 2.44. The van der Waals surface area contributed by atoms with E-state index in [0.29, 0.717) is 13.0 Å². The van der Waals surface area contributed by atoms with Gasteiger partial charge < -0.3 is 14.9 Å². The third-order valence-corrected chi connectivity index (χ3v) is 3.78. The molecule has 0 aromatic heterocycles. The summed E-state index contributed by atoms with van der Waals surface area (Å²) in [5.74, 6) is -0.239. The average Bonchev–Trinajstić information content (AvgIpc) is 2.43. The van der Waals surface area contributed by atoms with E-state index < -0.39 is 5.92 Å². The second-order valence-electron chi connectivity index (χ2n) is 4.41. The number of ether oxygens (including phenoxy) is 1. The molecule has 1 aliphatic heterocycles. The molecule has 1 saturated carbocycles. The topological polar surface area (TPSA) is 66.8 Å². The number of hydrogen-bond donors (Lipinski definition) is 2. The van der Waals surface area contributed by atoms with E-state index in [0.717, 1.165) is 0 Å². The lowest BCUT2D eigenvalue weighted by molar-refractivity contribution is -0.163. The van der Waals surface area contributed by atoms with E-state index in [2.05, 4.69) is 0 Å². The molecule has 0 bridgehead atoms. The van der Waals surface area contributed by atoms with Crippen molar-refractivity contribution in [3.05, 3.63) is 0 Å². The highest BCUT2D eigenvalue weighted by Gasteiger charge is 2.49. The maximum absolute atomic E-state index is 11.3. The fourth-order valence-electron chi connectivity index (χ4n) is 2.75. The van der Waals surface area contributed by atoms with Gasteiger partial charge in [-0.1, -0.05) is 6.92 Å². The largest absolute Gasteiger partial charge is 0.465 e. The molecule has 4 nitrogen and oxygen atoms in total. The van der Waals surface area contributed by atoms with Gasteiger partial charge >= 0.3 is 5.97 Å². The zero-order valence-corrected chi connectivity index (χ0v) is 8.22. The standard InChI is InChI=1S/C10H16O4/c1-5-8-4-14-10(13)7(3-11)6(8)2-9(5)12/h5-9,11-12H,2-4H2,1H3/t5-,6-,7-,8-,9+/m1/s1. The summed E-state index contributed by atoms with van der Waals surface area (Å²) in [7, 11) is 0. The normalized spacial score (nSPS) is 47.4. The summed E-state index contributed by atoms with van der Waals surface area (Å²) < 4.78 is 5.00. The van der Waals surface area contributed by atoms with Crippen LogP contribution in [-0.2, 0) is 9.53 Å². The van der Waals surface area contributed by atoms with Crippen molar-refractivity contribution in [1.29, 1.82) is 0 Å². The molecule has 1 heterocycles. The molecule has 0 radical (unpaired) electrons. The molecule has 2 rings (SSSR count). The number of carbonyl (C=O) groups excluding carboxylic acids is 1. The predicted octanol–water partition coefficient (Wildman–Crippen LogP) is -0.215. The van der Waals surface area contributed by atoms with Crippen LogP contribution in [-0.4, -0.2) is 35.5 Å². The van der Waals surface area contributed by atoms with Crippen molar-refractivity contribution in [1.82, 2.24) is 0 Å². The molecule has 80 valence electrons. The van der Waals surface area contributed by atoms with E-state index in [4.69, 9.17) is 9.84 Å². The van der Waals surface area contributed by atoms with Crippen molar-refractivity contribution in [2.75, 3.05) is 13.2 Å². The van der Waals surface area contributed by atoms with Crippen molar-refractivity contribution in [2.45, 2.75) is 19.4 Å². The molecule has 0 spiro atoms. The first-order chi connectivity index (χ1) is 6.65. The third kappa shape index (κ3) is 1.33. The number of rotatable bonds is 1. The van der Waals surface area contributed by atoms with E-state index in [1.165, 1.54) is 0 Å². The number of carbonyl (C=O) groups is 1. The minimum atomic E-state index is -0.423. The highest BCUT2D eigenvalue weighted by molar-refractivity contribution is 5.73. The van der Waals surface area contributed by atoms with Gasteiger partial charge in [-0.2, -0.15) is 0 Å². The summed E-state index contributed by atoms with van der Waals surface area (Å²) in [4.78, 5) is 11.3. The quantitative estimate of drug-likeness (QED) is 0.574.